The Kier molecular flexibility index (Phi) is 7.92. The van der Waals surface area contributed by atoms with E-state index in [2.05, 4.69) is 13.2 Å². The maximum atomic E-state index is 15.2. The van der Waals surface area contributed by atoms with Gasteiger partial charge in [-0.3, -0.25) is 0 Å². The summed E-state index contributed by atoms with van der Waals surface area (Å²) in [7, 11) is 0. The zero-order valence-electron chi connectivity index (χ0n) is 21.2. The van der Waals surface area contributed by atoms with Gasteiger partial charge < -0.3 is 9.47 Å². The van der Waals surface area contributed by atoms with E-state index in [4.69, 9.17) is 9.47 Å². The van der Waals surface area contributed by atoms with Gasteiger partial charge >= 0.3 is 18.1 Å². The lowest BCUT2D eigenvalue weighted by molar-refractivity contribution is -0.139. The van der Waals surface area contributed by atoms with E-state index < -0.39 is 29.5 Å². The van der Waals surface area contributed by atoms with Gasteiger partial charge in [-0.05, 0) is 55.5 Å². The van der Waals surface area contributed by atoms with Crippen LogP contribution in [0.2, 0.25) is 0 Å². The van der Waals surface area contributed by atoms with E-state index in [0.29, 0.717) is 40.7 Å². The molecule has 4 rings (SSSR count). The second-order valence-electron chi connectivity index (χ2n) is 9.11. The minimum Gasteiger partial charge on any atom is -0.462 e. The third-order valence-electron chi connectivity index (χ3n) is 6.00. The van der Waals surface area contributed by atoms with Gasteiger partial charge in [0, 0.05) is 26.6 Å². The summed E-state index contributed by atoms with van der Waals surface area (Å²) in [5.41, 5.74) is 0.714. The van der Waals surface area contributed by atoms with Crippen LogP contribution in [0.1, 0.15) is 31.4 Å². The Labute approximate surface area is 226 Å². The molecular weight excluding hydrogens is 532 g/mol. The van der Waals surface area contributed by atoms with Crippen molar-refractivity contribution >= 4 is 43.4 Å². The SMILES string of the molecule is C=C(C)C(=O)OCCCc1ccc(-c2ccc3c(sc4c(F)c(OC(=O)C(=C)C)ccc43)c2C(F)(F)F)cc1. The second-order valence-corrected chi connectivity index (χ2v) is 10.1. The van der Waals surface area contributed by atoms with Gasteiger partial charge in [-0.2, -0.15) is 13.2 Å². The Morgan fingerprint density at radius 2 is 1.49 bits per heavy atom. The number of aryl methyl sites for hydroxylation is 1. The Hall–Kier alpha value is -3.98. The van der Waals surface area contributed by atoms with Gasteiger partial charge in [0.05, 0.1) is 16.9 Å². The van der Waals surface area contributed by atoms with E-state index in [9.17, 15) is 22.8 Å². The van der Waals surface area contributed by atoms with E-state index in [-0.39, 0.29) is 38.3 Å². The molecule has 4 aromatic rings. The van der Waals surface area contributed by atoms with Gasteiger partial charge in [0.1, 0.15) is 0 Å². The Balaban J connectivity index is 1.69. The number of rotatable bonds is 8. The standard InChI is InChI=1S/C30H24F4O4S/c1-16(2)28(35)37-15-5-6-18-7-9-19(10-8-18)20-11-12-21-22-13-14-23(38-29(36)17(3)4)25(31)27(22)39-26(21)24(20)30(32,33)34/h7-14H,1,3,5-6,15H2,2,4H3. The third kappa shape index (κ3) is 5.88. The predicted octanol–water partition coefficient (Wildman–Crippen LogP) is 8.41. The van der Waals surface area contributed by atoms with Crippen molar-refractivity contribution in [2.75, 3.05) is 6.61 Å². The molecule has 1 heterocycles. The summed E-state index contributed by atoms with van der Waals surface area (Å²) in [5, 5.41) is 0.547. The van der Waals surface area contributed by atoms with E-state index in [1.807, 2.05) is 0 Å². The van der Waals surface area contributed by atoms with Crippen molar-refractivity contribution in [2.24, 2.45) is 0 Å². The van der Waals surface area contributed by atoms with E-state index in [0.717, 1.165) is 5.56 Å². The molecule has 0 unspecified atom stereocenters. The van der Waals surface area contributed by atoms with Crippen LogP contribution in [0.25, 0.3) is 31.3 Å². The molecule has 39 heavy (non-hydrogen) atoms. The number of carbonyl (C=O) groups excluding carboxylic acids is 2. The summed E-state index contributed by atoms with van der Waals surface area (Å²) in [6.07, 6.45) is -3.59. The number of hydrogen-bond donors (Lipinski definition) is 0. The van der Waals surface area contributed by atoms with Crippen LogP contribution in [-0.4, -0.2) is 18.5 Å². The molecule has 0 N–H and O–H groups in total. The number of fused-ring (bicyclic) bond motifs is 3. The fourth-order valence-electron chi connectivity index (χ4n) is 4.06. The highest BCUT2D eigenvalue weighted by molar-refractivity contribution is 7.26. The van der Waals surface area contributed by atoms with Crippen molar-refractivity contribution in [3.05, 3.63) is 89.8 Å². The molecule has 0 fully saturated rings. The number of esters is 2. The minimum absolute atomic E-state index is 0.0298. The molecule has 0 atom stereocenters. The number of ether oxygens (including phenoxy) is 2. The predicted molar refractivity (Wildman–Crippen MR) is 144 cm³/mol. The summed E-state index contributed by atoms with van der Waals surface area (Å²) in [6.45, 7) is 10.1. The molecule has 0 radical (unpaired) electrons. The van der Waals surface area contributed by atoms with Gasteiger partial charge in [-0.25, -0.2) is 14.0 Å². The molecule has 0 bridgehead atoms. The number of thiophene rings is 1. The van der Waals surface area contributed by atoms with Crippen LogP contribution in [0.15, 0.2) is 72.8 Å². The van der Waals surface area contributed by atoms with E-state index in [1.54, 1.807) is 37.3 Å². The van der Waals surface area contributed by atoms with Gasteiger partial charge in [-0.15, -0.1) is 11.3 Å². The summed E-state index contributed by atoms with van der Waals surface area (Å²) >= 11 is 0.665. The summed E-state index contributed by atoms with van der Waals surface area (Å²) < 4.78 is 68.4. The first kappa shape index (κ1) is 28.0. The number of alkyl halides is 3. The van der Waals surface area contributed by atoms with Crippen molar-refractivity contribution in [1.29, 1.82) is 0 Å². The first-order valence-electron chi connectivity index (χ1n) is 11.9. The fourth-order valence-corrected chi connectivity index (χ4v) is 5.35. The summed E-state index contributed by atoms with van der Waals surface area (Å²) in [5.74, 6) is -2.58. The lowest BCUT2D eigenvalue weighted by Gasteiger charge is -2.15. The monoisotopic (exact) mass is 556 g/mol. The van der Waals surface area contributed by atoms with Crippen LogP contribution >= 0.6 is 11.3 Å². The highest BCUT2D eigenvalue weighted by Gasteiger charge is 2.37. The zero-order chi connectivity index (χ0) is 28.5. The Morgan fingerprint density at radius 1 is 0.872 bits per heavy atom. The van der Waals surface area contributed by atoms with Gasteiger partial charge in [0.2, 0.25) is 0 Å². The number of benzene rings is 3. The average Bonchev–Trinajstić information content (AvgIpc) is 3.26. The highest BCUT2D eigenvalue weighted by Crippen LogP contribution is 2.48. The molecule has 0 aliphatic rings. The Bertz CT molecular complexity index is 1610. The Morgan fingerprint density at radius 3 is 2.10 bits per heavy atom. The van der Waals surface area contributed by atoms with Crippen molar-refractivity contribution in [2.45, 2.75) is 32.9 Å². The van der Waals surface area contributed by atoms with Crippen LogP contribution in [0.3, 0.4) is 0 Å². The molecule has 0 saturated carbocycles. The molecule has 9 heteroatoms. The maximum absolute atomic E-state index is 15.2. The second kappa shape index (κ2) is 11.0. The molecule has 0 amide bonds. The first-order chi connectivity index (χ1) is 18.4. The van der Waals surface area contributed by atoms with Crippen molar-refractivity contribution < 1.29 is 36.6 Å². The zero-order valence-corrected chi connectivity index (χ0v) is 22.0. The molecule has 4 nitrogen and oxygen atoms in total. The van der Waals surface area contributed by atoms with E-state index >= 15 is 4.39 Å². The van der Waals surface area contributed by atoms with Crippen molar-refractivity contribution in [1.82, 2.24) is 0 Å². The smallest absolute Gasteiger partial charge is 0.418 e. The lowest BCUT2D eigenvalue weighted by atomic mass is 9.95. The molecule has 0 spiro atoms. The normalized spacial score (nSPS) is 11.5. The molecule has 1 aromatic heterocycles. The molecule has 0 saturated heterocycles. The summed E-state index contributed by atoms with van der Waals surface area (Å²) in [4.78, 5) is 23.3. The fraction of sp³-hybridized carbons (Fsp3) is 0.200. The summed E-state index contributed by atoms with van der Waals surface area (Å²) in [6, 6.07) is 12.3. The van der Waals surface area contributed by atoms with Crippen LogP contribution in [0.5, 0.6) is 5.75 Å². The molecule has 0 aliphatic carbocycles. The molecule has 202 valence electrons. The number of hydrogen-bond acceptors (Lipinski definition) is 5. The van der Waals surface area contributed by atoms with Crippen molar-refractivity contribution in [3.8, 4) is 16.9 Å². The number of carbonyl (C=O) groups is 2. The van der Waals surface area contributed by atoms with Crippen molar-refractivity contribution in [3.63, 3.8) is 0 Å². The molecule has 3 aromatic carbocycles. The van der Waals surface area contributed by atoms with Crippen LogP contribution < -0.4 is 4.74 Å². The topological polar surface area (TPSA) is 52.6 Å². The number of halogens is 4. The molecular formula is C30H24F4O4S. The van der Waals surface area contributed by atoms with E-state index in [1.165, 1.54) is 25.1 Å². The van der Waals surface area contributed by atoms with Crippen LogP contribution in [0.4, 0.5) is 17.6 Å². The average molecular weight is 557 g/mol. The van der Waals surface area contributed by atoms with Gasteiger partial charge in [-0.1, -0.05) is 49.6 Å². The first-order valence-corrected chi connectivity index (χ1v) is 12.7. The molecule has 0 aliphatic heterocycles. The van der Waals surface area contributed by atoms with Gasteiger partial charge in [0.15, 0.2) is 11.6 Å². The van der Waals surface area contributed by atoms with Crippen LogP contribution in [-0.2, 0) is 26.9 Å². The van der Waals surface area contributed by atoms with Gasteiger partial charge in [0.25, 0.3) is 0 Å². The minimum atomic E-state index is -4.72. The largest absolute Gasteiger partial charge is 0.462 e. The van der Waals surface area contributed by atoms with Crippen LogP contribution in [0, 0.1) is 5.82 Å². The lowest BCUT2D eigenvalue weighted by Crippen LogP contribution is -2.09. The highest BCUT2D eigenvalue weighted by atomic mass is 32.1. The quantitative estimate of drug-likeness (QED) is 0.0719. The third-order valence-corrected chi connectivity index (χ3v) is 7.24. The maximum Gasteiger partial charge on any atom is 0.418 e.